The Morgan fingerprint density at radius 2 is 1.77 bits per heavy atom. The molecule has 1 heterocycles. The van der Waals surface area contributed by atoms with Gasteiger partial charge >= 0.3 is 6.09 Å². The number of hydrogen-bond donors (Lipinski definition) is 1. The lowest BCUT2D eigenvalue weighted by Crippen LogP contribution is -2.54. The maximum Gasteiger partial charge on any atom is 0.429 e. The van der Waals surface area contributed by atoms with Crippen LogP contribution in [0.1, 0.15) is 27.6 Å². The van der Waals surface area contributed by atoms with Crippen molar-refractivity contribution in [3.05, 3.63) is 35.4 Å². The van der Waals surface area contributed by atoms with Crippen molar-refractivity contribution in [3.63, 3.8) is 0 Å². The van der Waals surface area contributed by atoms with Gasteiger partial charge in [0.15, 0.2) is 6.23 Å². The maximum atomic E-state index is 12.3. The summed E-state index contributed by atoms with van der Waals surface area (Å²) in [6.45, 7) is 1.83. The monoisotopic (exact) mass is 308 g/mol. The van der Waals surface area contributed by atoms with Gasteiger partial charge in [-0.3, -0.25) is 9.59 Å². The van der Waals surface area contributed by atoms with Crippen LogP contribution in [-0.2, 0) is 9.47 Å². The van der Waals surface area contributed by atoms with E-state index in [0.29, 0.717) is 10.0 Å². The first-order valence-corrected chi connectivity index (χ1v) is 6.59. The fourth-order valence-corrected chi connectivity index (χ4v) is 2.15. The molecule has 118 valence electrons. The zero-order valence-corrected chi connectivity index (χ0v) is 12.2. The molecule has 1 aliphatic rings. The molecule has 0 saturated heterocycles. The Morgan fingerprint density at radius 1 is 1.23 bits per heavy atom. The number of hydrazine groups is 1. The second-order valence-electron chi connectivity index (χ2n) is 4.56. The highest BCUT2D eigenvalue weighted by atomic mass is 16.5. The Morgan fingerprint density at radius 3 is 2.23 bits per heavy atom. The molecular weight excluding hydrogens is 292 g/mol. The SMILES string of the molecule is COCCOC(C)N(C(=O)O)N1C(=O)c2ccccc2C1=O. The lowest BCUT2D eigenvalue weighted by atomic mass is 10.1. The van der Waals surface area contributed by atoms with E-state index in [0.717, 1.165) is 0 Å². The maximum absolute atomic E-state index is 12.3. The van der Waals surface area contributed by atoms with Crippen LogP contribution in [0.2, 0.25) is 0 Å². The van der Waals surface area contributed by atoms with Crippen molar-refractivity contribution < 1.29 is 29.0 Å². The van der Waals surface area contributed by atoms with Gasteiger partial charge in [0, 0.05) is 7.11 Å². The second-order valence-corrected chi connectivity index (χ2v) is 4.56. The molecule has 0 saturated carbocycles. The molecule has 1 aromatic carbocycles. The summed E-state index contributed by atoms with van der Waals surface area (Å²) in [6, 6.07) is 6.17. The Kier molecular flexibility index (Phi) is 4.74. The zero-order chi connectivity index (χ0) is 16.3. The normalized spacial score (nSPS) is 14.9. The van der Waals surface area contributed by atoms with E-state index in [9.17, 15) is 19.5 Å². The van der Waals surface area contributed by atoms with E-state index in [-0.39, 0.29) is 24.3 Å². The third kappa shape index (κ3) is 2.78. The number of amides is 3. The number of fused-ring (bicyclic) bond motifs is 1. The van der Waals surface area contributed by atoms with Gasteiger partial charge in [0.05, 0.1) is 24.3 Å². The van der Waals surface area contributed by atoms with E-state index in [1.54, 1.807) is 12.1 Å². The second kappa shape index (κ2) is 6.54. The minimum atomic E-state index is -1.46. The number of ether oxygens (including phenoxy) is 2. The van der Waals surface area contributed by atoms with Crippen molar-refractivity contribution >= 4 is 17.9 Å². The van der Waals surface area contributed by atoms with Crippen LogP contribution in [0.25, 0.3) is 0 Å². The summed E-state index contributed by atoms with van der Waals surface area (Å²) in [5, 5.41) is 10.5. The van der Waals surface area contributed by atoms with E-state index in [1.807, 2.05) is 0 Å². The largest absolute Gasteiger partial charge is 0.464 e. The van der Waals surface area contributed by atoms with Crippen LogP contribution in [0, 0.1) is 0 Å². The van der Waals surface area contributed by atoms with E-state index < -0.39 is 24.1 Å². The van der Waals surface area contributed by atoms with Crippen LogP contribution in [0.5, 0.6) is 0 Å². The number of benzene rings is 1. The molecule has 0 aliphatic carbocycles. The summed E-state index contributed by atoms with van der Waals surface area (Å²) in [4.78, 5) is 36.1. The van der Waals surface area contributed by atoms with Crippen LogP contribution in [0.3, 0.4) is 0 Å². The quantitative estimate of drug-likeness (QED) is 0.481. The topological polar surface area (TPSA) is 96.4 Å². The molecule has 0 spiro atoms. The summed E-state index contributed by atoms with van der Waals surface area (Å²) < 4.78 is 10.1. The van der Waals surface area contributed by atoms with Crippen LogP contribution in [0.4, 0.5) is 4.79 Å². The molecule has 1 unspecified atom stereocenters. The highest BCUT2D eigenvalue weighted by Gasteiger charge is 2.43. The van der Waals surface area contributed by atoms with Crippen LogP contribution < -0.4 is 0 Å². The number of methoxy groups -OCH3 is 1. The van der Waals surface area contributed by atoms with Crippen molar-refractivity contribution in [2.24, 2.45) is 0 Å². The molecule has 0 bridgehead atoms. The fourth-order valence-electron chi connectivity index (χ4n) is 2.15. The Labute approximate surface area is 126 Å². The molecule has 3 amide bonds. The first kappa shape index (κ1) is 15.9. The smallest absolute Gasteiger partial charge is 0.429 e. The van der Waals surface area contributed by atoms with Gasteiger partial charge in [-0.1, -0.05) is 12.1 Å². The number of carbonyl (C=O) groups excluding carboxylic acids is 2. The van der Waals surface area contributed by atoms with Gasteiger partial charge in [-0.15, -0.1) is 0 Å². The number of carboxylic acid groups (broad SMARTS) is 1. The van der Waals surface area contributed by atoms with Crippen molar-refractivity contribution in [1.82, 2.24) is 10.0 Å². The molecule has 8 nitrogen and oxygen atoms in total. The minimum absolute atomic E-state index is 0.130. The molecule has 1 aromatic rings. The fraction of sp³-hybridized carbons (Fsp3) is 0.357. The molecule has 8 heteroatoms. The zero-order valence-electron chi connectivity index (χ0n) is 12.2. The van der Waals surface area contributed by atoms with Crippen molar-refractivity contribution in [2.75, 3.05) is 20.3 Å². The van der Waals surface area contributed by atoms with Crippen LogP contribution in [-0.4, -0.2) is 59.6 Å². The molecule has 22 heavy (non-hydrogen) atoms. The molecule has 1 atom stereocenters. The van der Waals surface area contributed by atoms with Crippen LogP contribution in [0.15, 0.2) is 24.3 Å². The molecular formula is C14H16N2O6. The summed E-state index contributed by atoms with van der Waals surface area (Å²) in [5.74, 6) is -1.38. The van der Waals surface area contributed by atoms with Crippen molar-refractivity contribution in [3.8, 4) is 0 Å². The molecule has 1 N–H and O–H groups in total. The number of carbonyl (C=O) groups is 3. The average molecular weight is 308 g/mol. The lowest BCUT2D eigenvalue weighted by molar-refractivity contribution is -0.109. The number of nitrogens with zero attached hydrogens (tertiary/aromatic N) is 2. The standard InChI is InChI=1S/C14H16N2O6/c1-9(22-8-7-21-2)15(14(19)20)16-12(17)10-5-3-4-6-11(10)13(16)18/h3-6,9H,7-8H2,1-2H3,(H,19,20). The third-order valence-electron chi connectivity index (χ3n) is 3.18. The predicted octanol–water partition coefficient (Wildman–Crippen LogP) is 1.19. The molecule has 0 fully saturated rings. The Balaban J connectivity index is 2.25. The van der Waals surface area contributed by atoms with Gasteiger partial charge in [0.1, 0.15) is 0 Å². The van der Waals surface area contributed by atoms with Gasteiger partial charge < -0.3 is 14.6 Å². The van der Waals surface area contributed by atoms with Gasteiger partial charge in [0.2, 0.25) is 0 Å². The highest BCUT2D eigenvalue weighted by molar-refractivity contribution is 6.21. The summed E-state index contributed by atoms with van der Waals surface area (Å²) in [7, 11) is 1.48. The molecule has 0 aromatic heterocycles. The van der Waals surface area contributed by atoms with Crippen molar-refractivity contribution in [2.45, 2.75) is 13.2 Å². The molecule has 2 rings (SSSR count). The first-order valence-electron chi connectivity index (χ1n) is 6.59. The predicted molar refractivity (Wildman–Crippen MR) is 74.1 cm³/mol. The first-order chi connectivity index (χ1) is 10.5. The van der Waals surface area contributed by atoms with Crippen LogP contribution >= 0.6 is 0 Å². The molecule has 1 aliphatic heterocycles. The summed E-state index contributed by atoms with van der Waals surface area (Å²) in [5.41, 5.74) is 0.339. The minimum Gasteiger partial charge on any atom is -0.464 e. The number of rotatable bonds is 6. The van der Waals surface area contributed by atoms with Crippen molar-refractivity contribution in [1.29, 1.82) is 0 Å². The summed E-state index contributed by atoms with van der Waals surface area (Å²) >= 11 is 0. The van der Waals surface area contributed by atoms with Gasteiger partial charge in [-0.05, 0) is 19.1 Å². The van der Waals surface area contributed by atoms with E-state index in [1.165, 1.54) is 26.2 Å². The lowest BCUT2D eigenvalue weighted by Gasteiger charge is -2.31. The van der Waals surface area contributed by atoms with Gasteiger partial charge in [-0.25, -0.2) is 4.79 Å². The van der Waals surface area contributed by atoms with E-state index in [2.05, 4.69) is 0 Å². The van der Waals surface area contributed by atoms with Gasteiger partial charge in [0.25, 0.3) is 11.8 Å². The van der Waals surface area contributed by atoms with E-state index >= 15 is 0 Å². The highest BCUT2D eigenvalue weighted by Crippen LogP contribution is 2.25. The number of imide groups is 1. The Bertz CT molecular complexity index is 568. The summed E-state index contributed by atoms with van der Waals surface area (Å²) in [6.07, 6.45) is -2.48. The average Bonchev–Trinajstić information content (AvgIpc) is 2.73. The van der Waals surface area contributed by atoms with Gasteiger partial charge in [-0.2, -0.15) is 10.0 Å². The molecule has 0 radical (unpaired) electrons. The Hall–Kier alpha value is -2.45. The third-order valence-corrected chi connectivity index (χ3v) is 3.18. The number of hydrogen-bond acceptors (Lipinski definition) is 5. The van der Waals surface area contributed by atoms with E-state index in [4.69, 9.17) is 9.47 Å².